The Hall–Kier alpha value is -3.46. The zero-order valence-corrected chi connectivity index (χ0v) is 22.9. The highest BCUT2D eigenvalue weighted by Crippen LogP contribution is 2.66. The number of amides is 2. The lowest BCUT2D eigenvalue weighted by molar-refractivity contribution is -0.384. The Bertz CT molecular complexity index is 1240. The Morgan fingerprint density at radius 3 is 2.38 bits per heavy atom. The third-order valence-electron chi connectivity index (χ3n) is 9.74. The van der Waals surface area contributed by atoms with Gasteiger partial charge in [0, 0.05) is 56.8 Å². The summed E-state index contributed by atoms with van der Waals surface area (Å²) in [5, 5.41) is 13.8. The van der Waals surface area contributed by atoms with Crippen molar-refractivity contribution in [2.75, 3.05) is 32.7 Å². The fourth-order valence-corrected chi connectivity index (χ4v) is 7.97. The van der Waals surface area contributed by atoms with Crippen molar-refractivity contribution in [3.05, 3.63) is 69.8 Å². The van der Waals surface area contributed by atoms with Crippen molar-refractivity contribution < 1.29 is 19.2 Å². The smallest absolute Gasteiger partial charge is 0.269 e. The highest BCUT2D eigenvalue weighted by Gasteiger charge is 2.57. The second-order valence-electron chi connectivity index (χ2n) is 12.3. The molecule has 9 nitrogen and oxygen atoms in total. The average Bonchev–Trinajstić information content (AvgIpc) is 3.33. The van der Waals surface area contributed by atoms with Gasteiger partial charge in [-0.05, 0) is 79.0 Å². The van der Waals surface area contributed by atoms with Gasteiger partial charge in [-0.3, -0.25) is 24.6 Å². The molecular formula is C31H38N4O5. The molecule has 0 radical (unpaired) electrons. The highest BCUT2D eigenvalue weighted by molar-refractivity contribution is 5.85. The van der Waals surface area contributed by atoms with Crippen LogP contribution in [0, 0.1) is 33.3 Å². The second-order valence-corrected chi connectivity index (χ2v) is 12.3. The van der Waals surface area contributed by atoms with E-state index in [1.807, 2.05) is 29.2 Å². The van der Waals surface area contributed by atoms with E-state index in [-0.39, 0.29) is 29.5 Å². The summed E-state index contributed by atoms with van der Waals surface area (Å²) in [5.41, 5.74) is 2.20. The average molecular weight is 547 g/mol. The van der Waals surface area contributed by atoms with E-state index < -0.39 is 4.92 Å². The van der Waals surface area contributed by atoms with Crippen LogP contribution in [-0.4, -0.2) is 59.3 Å². The largest absolute Gasteiger partial charge is 0.489 e. The zero-order valence-electron chi connectivity index (χ0n) is 22.9. The van der Waals surface area contributed by atoms with Crippen molar-refractivity contribution in [3.63, 3.8) is 0 Å². The van der Waals surface area contributed by atoms with Crippen LogP contribution in [0.1, 0.15) is 49.7 Å². The van der Waals surface area contributed by atoms with Gasteiger partial charge in [0.2, 0.25) is 11.8 Å². The molecule has 5 aliphatic rings. The number of rotatable bonds is 10. The van der Waals surface area contributed by atoms with Gasteiger partial charge in [0.05, 0.1) is 11.5 Å². The van der Waals surface area contributed by atoms with Crippen molar-refractivity contribution in [2.24, 2.45) is 23.2 Å². The van der Waals surface area contributed by atoms with E-state index in [9.17, 15) is 19.7 Å². The number of benzene rings is 2. The van der Waals surface area contributed by atoms with Crippen molar-refractivity contribution in [1.82, 2.24) is 15.1 Å². The summed E-state index contributed by atoms with van der Waals surface area (Å²) in [5.74, 6) is 3.21. The summed E-state index contributed by atoms with van der Waals surface area (Å²) in [6.45, 7) is 3.90. The van der Waals surface area contributed by atoms with Crippen LogP contribution in [-0.2, 0) is 22.7 Å². The van der Waals surface area contributed by atoms with Crippen LogP contribution in [0.15, 0.2) is 48.5 Å². The molecule has 7 rings (SSSR count). The number of ether oxygens (including phenoxy) is 1. The Labute approximate surface area is 235 Å². The third-order valence-corrected chi connectivity index (χ3v) is 9.74. The minimum Gasteiger partial charge on any atom is -0.489 e. The fourth-order valence-electron chi connectivity index (χ4n) is 7.97. The normalized spacial score (nSPS) is 27.1. The maximum atomic E-state index is 12.9. The second kappa shape index (κ2) is 11.2. The summed E-state index contributed by atoms with van der Waals surface area (Å²) in [7, 11) is 0. The Balaban J connectivity index is 0.941. The number of hydrogen-bond acceptors (Lipinski definition) is 6. The quantitative estimate of drug-likeness (QED) is 0.355. The summed E-state index contributed by atoms with van der Waals surface area (Å²) in [4.78, 5) is 40.3. The first-order valence-electron chi connectivity index (χ1n) is 14.6. The lowest BCUT2D eigenvalue weighted by atomic mass is 9.73. The molecule has 4 saturated carbocycles. The van der Waals surface area contributed by atoms with Gasteiger partial charge in [0.25, 0.3) is 5.69 Å². The first-order chi connectivity index (χ1) is 19.4. The molecule has 2 atom stereocenters. The van der Waals surface area contributed by atoms with Crippen LogP contribution < -0.4 is 10.1 Å². The molecule has 1 heterocycles. The van der Waals surface area contributed by atoms with Crippen LogP contribution in [0.3, 0.4) is 0 Å². The predicted molar refractivity (Wildman–Crippen MR) is 149 cm³/mol. The van der Waals surface area contributed by atoms with Gasteiger partial charge < -0.3 is 15.0 Å². The number of carbonyl (C=O) groups is 2. The minimum atomic E-state index is -0.411. The van der Waals surface area contributed by atoms with Gasteiger partial charge in [0.1, 0.15) is 12.4 Å². The first kappa shape index (κ1) is 26.7. The fraction of sp³-hybridized carbons (Fsp3) is 0.548. The van der Waals surface area contributed by atoms with Crippen molar-refractivity contribution in [3.8, 4) is 5.75 Å². The van der Waals surface area contributed by atoms with E-state index in [0.29, 0.717) is 32.7 Å². The van der Waals surface area contributed by atoms with Crippen LogP contribution in [0.5, 0.6) is 5.75 Å². The summed E-state index contributed by atoms with van der Waals surface area (Å²) >= 11 is 0. The van der Waals surface area contributed by atoms with Gasteiger partial charge in [-0.15, -0.1) is 0 Å². The van der Waals surface area contributed by atoms with Crippen LogP contribution in [0.25, 0.3) is 0 Å². The van der Waals surface area contributed by atoms with E-state index >= 15 is 0 Å². The number of para-hydroxylation sites is 1. The summed E-state index contributed by atoms with van der Waals surface area (Å²) in [6.07, 6.45) is 7.00. The van der Waals surface area contributed by atoms with Gasteiger partial charge in [-0.25, -0.2) is 0 Å². The SMILES string of the molecule is O=C(CC12CC3CC(CC1C3)C2)NCC(=O)N1CCN(Cc2ccccc2OCc2ccc([N+](=O)[O-])cc2)CC1. The number of nitro groups is 1. The van der Waals surface area contributed by atoms with Gasteiger partial charge in [-0.1, -0.05) is 18.2 Å². The molecular weight excluding hydrogens is 508 g/mol. The van der Waals surface area contributed by atoms with Crippen LogP contribution >= 0.6 is 0 Å². The summed E-state index contributed by atoms with van der Waals surface area (Å²) < 4.78 is 6.06. The lowest BCUT2D eigenvalue weighted by Crippen LogP contribution is -2.51. The van der Waals surface area contributed by atoms with Crippen molar-refractivity contribution >= 4 is 17.5 Å². The molecule has 1 N–H and O–H groups in total. The van der Waals surface area contributed by atoms with Crippen molar-refractivity contribution in [1.29, 1.82) is 0 Å². The maximum Gasteiger partial charge on any atom is 0.269 e. The molecule has 4 aliphatic carbocycles. The molecule has 5 fully saturated rings. The maximum absolute atomic E-state index is 12.9. The highest BCUT2D eigenvalue weighted by atomic mass is 16.6. The molecule has 1 aliphatic heterocycles. The Kier molecular flexibility index (Phi) is 7.49. The van der Waals surface area contributed by atoms with E-state index in [4.69, 9.17) is 4.74 Å². The van der Waals surface area contributed by atoms with Gasteiger partial charge >= 0.3 is 0 Å². The topological polar surface area (TPSA) is 105 Å². The predicted octanol–water partition coefficient (Wildman–Crippen LogP) is 4.15. The van der Waals surface area contributed by atoms with E-state index in [0.717, 1.165) is 47.7 Å². The number of piperazine rings is 1. The van der Waals surface area contributed by atoms with E-state index in [2.05, 4.69) is 10.2 Å². The number of non-ortho nitro benzene ring substituents is 1. The molecule has 2 aromatic carbocycles. The molecule has 212 valence electrons. The standard InChI is InChI=1S/C31H38N4O5/c36-29(18-31-16-23-13-24(17-31)15-26(31)14-23)32-19-30(37)34-11-9-33(10-12-34)20-25-3-1-2-4-28(25)40-21-22-5-7-27(8-6-22)35(38)39/h1-8,23-24,26H,9-21H2,(H,32,36). The molecule has 4 bridgehead atoms. The molecule has 0 aromatic heterocycles. The lowest BCUT2D eigenvalue weighted by Gasteiger charge is -2.35. The number of nitro benzene ring substituents is 1. The molecule has 1 saturated heterocycles. The molecule has 2 aromatic rings. The van der Waals surface area contributed by atoms with E-state index in [1.54, 1.807) is 12.1 Å². The summed E-state index contributed by atoms with van der Waals surface area (Å²) in [6, 6.07) is 14.3. The molecule has 40 heavy (non-hydrogen) atoms. The molecule has 2 amide bonds. The number of hydrogen-bond donors (Lipinski definition) is 1. The van der Waals surface area contributed by atoms with Crippen molar-refractivity contribution in [2.45, 2.75) is 51.7 Å². The number of nitrogens with one attached hydrogen (secondary N) is 1. The molecule has 0 spiro atoms. The zero-order chi connectivity index (χ0) is 27.7. The van der Waals surface area contributed by atoms with Crippen LogP contribution in [0.2, 0.25) is 0 Å². The molecule has 9 heteroatoms. The van der Waals surface area contributed by atoms with E-state index in [1.165, 1.54) is 44.2 Å². The molecule has 2 unspecified atom stereocenters. The Morgan fingerprint density at radius 2 is 1.68 bits per heavy atom. The van der Waals surface area contributed by atoms with Gasteiger partial charge in [0.15, 0.2) is 0 Å². The van der Waals surface area contributed by atoms with Crippen LogP contribution in [0.4, 0.5) is 5.69 Å². The monoisotopic (exact) mass is 546 g/mol. The number of nitrogens with zero attached hydrogens (tertiary/aromatic N) is 3. The first-order valence-corrected chi connectivity index (χ1v) is 14.6. The Morgan fingerprint density at radius 1 is 0.975 bits per heavy atom. The van der Waals surface area contributed by atoms with Gasteiger partial charge in [-0.2, -0.15) is 0 Å². The third kappa shape index (κ3) is 5.70. The number of carbonyl (C=O) groups excluding carboxylic acids is 2. The minimum absolute atomic E-state index is 0.00503.